The molecule has 148 valence electrons. The van der Waals surface area contributed by atoms with Gasteiger partial charge in [-0.3, -0.25) is 20.4 Å². The monoisotopic (exact) mass is 404 g/mol. The largest absolute Gasteiger partial charge is 0.494 e. The van der Waals surface area contributed by atoms with E-state index in [-0.39, 0.29) is 0 Å². The zero-order valence-electron chi connectivity index (χ0n) is 15.4. The summed E-state index contributed by atoms with van der Waals surface area (Å²) < 4.78 is 10.4. The standard InChI is InChI=1S/C20H21ClN2O5/c1-2-3-12-27-17-10-6-15(7-11-17)20(26)28-13-18(24)22-23-19(25)14-4-8-16(21)9-5-14/h4-11H,2-3,12-13H2,1H3,(H,22,24)(H,23,25). The Morgan fingerprint density at radius 1 is 0.929 bits per heavy atom. The molecule has 0 aromatic heterocycles. The first kappa shape index (κ1) is 21.2. The molecule has 0 aliphatic rings. The SMILES string of the molecule is CCCCOc1ccc(C(=O)OCC(=O)NNC(=O)c2ccc(Cl)cc2)cc1. The van der Waals surface area contributed by atoms with Crippen LogP contribution in [0.1, 0.15) is 40.5 Å². The lowest BCUT2D eigenvalue weighted by Crippen LogP contribution is -2.43. The maximum absolute atomic E-state index is 12.0. The van der Waals surface area contributed by atoms with E-state index >= 15 is 0 Å². The molecule has 0 unspecified atom stereocenters. The first-order chi connectivity index (χ1) is 13.5. The number of rotatable bonds is 8. The number of carbonyl (C=O) groups excluding carboxylic acids is 3. The second kappa shape index (κ2) is 10.9. The van der Waals surface area contributed by atoms with E-state index in [2.05, 4.69) is 17.8 Å². The van der Waals surface area contributed by atoms with E-state index in [0.717, 1.165) is 12.8 Å². The van der Waals surface area contributed by atoms with E-state index in [9.17, 15) is 14.4 Å². The molecule has 0 heterocycles. The highest BCUT2D eigenvalue weighted by molar-refractivity contribution is 6.30. The Balaban J connectivity index is 1.73. The predicted octanol–water partition coefficient (Wildman–Crippen LogP) is 3.14. The number of benzene rings is 2. The molecule has 0 aliphatic carbocycles. The van der Waals surface area contributed by atoms with Crippen LogP contribution in [0.5, 0.6) is 5.75 Å². The van der Waals surface area contributed by atoms with Gasteiger partial charge in [-0.05, 0) is 55.0 Å². The lowest BCUT2D eigenvalue weighted by Gasteiger charge is -2.09. The molecule has 2 rings (SSSR count). The Morgan fingerprint density at radius 2 is 1.57 bits per heavy atom. The number of unbranched alkanes of at least 4 members (excludes halogenated alkanes) is 1. The fraction of sp³-hybridized carbons (Fsp3) is 0.250. The van der Waals surface area contributed by atoms with Crippen molar-refractivity contribution in [1.82, 2.24) is 10.9 Å². The molecular weight excluding hydrogens is 384 g/mol. The number of hydrogen-bond acceptors (Lipinski definition) is 5. The fourth-order valence-corrected chi connectivity index (χ4v) is 2.20. The normalized spacial score (nSPS) is 10.1. The van der Waals surface area contributed by atoms with Gasteiger partial charge in [0.25, 0.3) is 11.8 Å². The summed E-state index contributed by atoms with van der Waals surface area (Å²) in [5.41, 5.74) is 5.01. The van der Waals surface area contributed by atoms with Crippen molar-refractivity contribution in [1.29, 1.82) is 0 Å². The summed E-state index contributed by atoms with van der Waals surface area (Å²) in [5, 5.41) is 0.494. The van der Waals surface area contributed by atoms with Gasteiger partial charge in [0.1, 0.15) is 5.75 Å². The average Bonchev–Trinajstić information content (AvgIpc) is 2.71. The molecule has 2 amide bonds. The lowest BCUT2D eigenvalue weighted by atomic mass is 10.2. The van der Waals surface area contributed by atoms with Crippen LogP contribution in [-0.4, -0.2) is 31.0 Å². The number of amides is 2. The molecular formula is C20H21ClN2O5. The minimum Gasteiger partial charge on any atom is -0.494 e. The van der Waals surface area contributed by atoms with Gasteiger partial charge in [-0.15, -0.1) is 0 Å². The minimum absolute atomic E-state index is 0.292. The third-order valence-electron chi connectivity index (χ3n) is 3.61. The second-order valence-electron chi connectivity index (χ2n) is 5.81. The Morgan fingerprint density at radius 3 is 2.21 bits per heavy atom. The van der Waals surface area contributed by atoms with Crippen molar-refractivity contribution in [2.45, 2.75) is 19.8 Å². The van der Waals surface area contributed by atoms with Gasteiger partial charge in [-0.2, -0.15) is 0 Å². The molecule has 0 fully saturated rings. The second-order valence-corrected chi connectivity index (χ2v) is 6.25. The van der Waals surface area contributed by atoms with Crippen LogP contribution in [0.3, 0.4) is 0 Å². The van der Waals surface area contributed by atoms with E-state index in [4.69, 9.17) is 21.1 Å². The smallest absolute Gasteiger partial charge is 0.338 e. The first-order valence-corrected chi connectivity index (χ1v) is 9.12. The molecule has 2 N–H and O–H groups in total. The van der Waals surface area contributed by atoms with Crippen LogP contribution in [0.25, 0.3) is 0 Å². The van der Waals surface area contributed by atoms with Crippen molar-refractivity contribution in [3.8, 4) is 5.75 Å². The molecule has 0 radical (unpaired) electrons. The molecule has 0 spiro atoms. The zero-order chi connectivity index (χ0) is 20.4. The number of halogens is 1. The van der Waals surface area contributed by atoms with Gasteiger partial charge in [0.15, 0.2) is 6.61 Å². The van der Waals surface area contributed by atoms with Crippen molar-refractivity contribution in [2.24, 2.45) is 0 Å². The van der Waals surface area contributed by atoms with Crippen molar-refractivity contribution in [2.75, 3.05) is 13.2 Å². The number of hydrazine groups is 1. The summed E-state index contributed by atoms with van der Waals surface area (Å²) >= 11 is 5.75. The Kier molecular flexibility index (Phi) is 8.30. The van der Waals surface area contributed by atoms with Crippen LogP contribution in [-0.2, 0) is 9.53 Å². The van der Waals surface area contributed by atoms with Crippen LogP contribution in [0, 0.1) is 0 Å². The van der Waals surface area contributed by atoms with Crippen LogP contribution in [0.2, 0.25) is 5.02 Å². The topological polar surface area (TPSA) is 93.7 Å². The highest BCUT2D eigenvalue weighted by Crippen LogP contribution is 2.13. The van der Waals surface area contributed by atoms with Gasteiger partial charge in [-0.1, -0.05) is 24.9 Å². The molecule has 8 heteroatoms. The van der Waals surface area contributed by atoms with Crippen molar-refractivity contribution in [3.63, 3.8) is 0 Å². The van der Waals surface area contributed by atoms with Gasteiger partial charge in [0.05, 0.1) is 12.2 Å². The summed E-state index contributed by atoms with van der Waals surface area (Å²) in [6, 6.07) is 12.6. The van der Waals surface area contributed by atoms with E-state index < -0.39 is 24.4 Å². The Labute approximate surface area is 167 Å². The molecule has 0 saturated carbocycles. The predicted molar refractivity (Wildman–Crippen MR) is 104 cm³/mol. The molecule has 0 aliphatic heterocycles. The molecule has 2 aromatic rings. The Bertz CT molecular complexity index is 806. The van der Waals surface area contributed by atoms with Gasteiger partial charge in [0, 0.05) is 10.6 Å². The number of hydrogen-bond donors (Lipinski definition) is 2. The van der Waals surface area contributed by atoms with Crippen LogP contribution < -0.4 is 15.6 Å². The van der Waals surface area contributed by atoms with Crippen molar-refractivity contribution in [3.05, 3.63) is 64.7 Å². The quantitative estimate of drug-likeness (QED) is 0.400. The zero-order valence-corrected chi connectivity index (χ0v) is 16.1. The van der Waals surface area contributed by atoms with E-state index in [0.29, 0.717) is 28.5 Å². The molecule has 0 bridgehead atoms. The number of carbonyl (C=O) groups is 3. The Hall–Kier alpha value is -3.06. The van der Waals surface area contributed by atoms with Crippen LogP contribution >= 0.6 is 11.6 Å². The van der Waals surface area contributed by atoms with E-state index in [1.54, 1.807) is 36.4 Å². The summed E-state index contributed by atoms with van der Waals surface area (Å²) in [4.78, 5) is 35.6. The van der Waals surface area contributed by atoms with Crippen LogP contribution in [0.4, 0.5) is 0 Å². The maximum Gasteiger partial charge on any atom is 0.338 e. The van der Waals surface area contributed by atoms with Crippen molar-refractivity contribution < 1.29 is 23.9 Å². The highest BCUT2D eigenvalue weighted by Gasteiger charge is 2.12. The van der Waals surface area contributed by atoms with Crippen LogP contribution in [0.15, 0.2) is 48.5 Å². The third-order valence-corrected chi connectivity index (χ3v) is 3.86. The van der Waals surface area contributed by atoms with Gasteiger partial charge >= 0.3 is 5.97 Å². The minimum atomic E-state index is -0.671. The maximum atomic E-state index is 12.0. The summed E-state index contributed by atoms with van der Waals surface area (Å²) in [5.74, 6) is -1.18. The fourth-order valence-electron chi connectivity index (χ4n) is 2.07. The number of nitrogens with one attached hydrogen (secondary N) is 2. The van der Waals surface area contributed by atoms with Gasteiger partial charge < -0.3 is 9.47 Å². The average molecular weight is 405 g/mol. The van der Waals surface area contributed by atoms with E-state index in [1.807, 2.05) is 0 Å². The summed E-state index contributed by atoms with van der Waals surface area (Å²) in [6.07, 6.45) is 1.99. The summed E-state index contributed by atoms with van der Waals surface area (Å²) in [6.45, 7) is 2.15. The van der Waals surface area contributed by atoms with E-state index in [1.165, 1.54) is 12.1 Å². The van der Waals surface area contributed by atoms with Gasteiger partial charge in [-0.25, -0.2) is 4.79 Å². The lowest BCUT2D eigenvalue weighted by molar-refractivity contribution is -0.125. The molecule has 0 saturated heterocycles. The first-order valence-electron chi connectivity index (χ1n) is 8.74. The summed E-state index contributed by atoms with van der Waals surface area (Å²) in [7, 11) is 0. The van der Waals surface area contributed by atoms with Crippen molar-refractivity contribution >= 4 is 29.4 Å². The number of ether oxygens (including phenoxy) is 2. The molecule has 0 atom stereocenters. The molecule has 28 heavy (non-hydrogen) atoms. The highest BCUT2D eigenvalue weighted by atomic mass is 35.5. The molecule has 2 aromatic carbocycles. The third kappa shape index (κ3) is 6.92. The molecule has 7 nitrogen and oxygen atoms in total. The van der Waals surface area contributed by atoms with Gasteiger partial charge in [0.2, 0.25) is 0 Å². The number of esters is 1.